The van der Waals surface area contributed by atoms with E-state index in [9.17, 15) is 0 Å². The van der Waals surface area contributed by atoms with E-state index >= 15 is 0 Å². The number of fused-ring (bicyclic) bond motifs is 1. The van der Waals surface area contributed by atoms with E-state index in [2.05, 4.69) is 20.9 Å². The molecule has 11 heavy (non-hydrogen) atoms. The maximum Gasteiger partial charge on any atom is 0.258 e. The summed E-state index contributed by atoms with van der Waals surface area (Å²) in [6.07, 6.45) is 1.68. The fourth-order valence-corrected chi connectivity index (χ4v) is 1.32. The summed E-state index contributed by atoms with van der Waals surface area (Å²) < 4.78 is 11.4. The first-order valence-corrected chi connectivity index (χ1v) is 4.07. The number of rotatable bonds is 0. The zero-order valence-electron chi connectivity index (χ0n) is 5.71. The highest BCUT2D eigenvalue weighted by Gasteiger charge is 2.14. The van der Waals surface area contributed by atoms with Crippen molar-refractivity contribution in [3.8, 4) is 11.6 Å². The Morgan fingerprint density at radius 1 is 1.36 bits per heavy atom. The summed E-state index contributed by atoms with van der Waals surface area (Å²) in [5, 5.41) is 0. The number of nitrogens with zero attached hydrogens (tertiary/aromatic N) is 1. The third kappa shape index (κ3) is 1.18. The molecule has 1 aliphatic heterocycles. The van der Waals surface area contributed by atoms with E-state index in [1.54, 1.807) is 6.20 Å². The molecular formula is C7H6BrNO2. The normalized spacial score (nSPS) is 14.6. The molecule has 0 bridgehead atoms. The lowest BCUT2D eigenvalue weighted by atomic mass is 10.4. The molecule has 1 aliphatic rings. The van der Waals surface area contributed by atoms with E-state index in [-0.39, 0.29) is 0 Å². The molecule has 0 unspecified atom stereocenters. The third-order valence-electron chi connectivity index (χ3n) is 1.39. The van der Waals surface area contributed by atoms with E-state index in [1.165, 1.54) is 0 Å². The molecule has 0 saturated heterocycles. The Hall–Kier alpha value is -0.770. The number of halogens is 1. The summed E-state index contributed by atoms with van der Waals surface area (Å²) in [6.45, 7) is 1.17. The van der Waals surface area contributed by atoms with Crippen molar-refractivity contribution in [3.05, 3.63) is 16.7 Å². The number of ether oxygens (including phenoxy) is 2. The maximum absolute atomic E-state index is 5.32. The maximum atomic E-state index is 5.32. The van der Waals surface area contributed by atoms with Crippen molar-refractivity contribution in [1.29, 1.82) is 0 Å². The molecule has 0 spiro atoms. The Kier molecular flexibility index (Phi) is 1.69. The van der Waals surface area contributed by atoms with Crippen LogP contribution in [0.15, 0.2) is 16.7 Å². The molecule has 2 heterocycles. The molecule has 0 N–H and O–H groups in total. The Morgan fingerprint density at radius 3 is 3.00 bits per heavy atom. The Morgan fingerprint density at radius 2 is 2.18 bits per heavy atom. The molecule has 0 saturated carbocycles. The highest BCUT2D eigenvalue weighted by Crippen LogP contribution is 2.34. The van der Waals surface area contributed by atoms with Gasteiger partial charge in [-0.05, 0) is 22.0 Å². The van der Waals surface area contributed by atoms with Gasteiger partial charge in [0.15, 0.2) is 5.75 Å². The molecule has 1 aromatic heterocycles. The monoisotopic (exact) mass is 215 g/mol. The van der Waals surface area contributed by atoms with Crippen LogP contribution in [0.1, 0.15) is 0 Å². The van der Waals surface area contributed by atoms with Crippen molar-refractivity contribution in [2.45, 2.75) is 0 Å². The van der Waals surface area contributed by atoms with E-state index < -0.39 is 0 Å². The van der Waals surface area contributed by atoms with E-state index in [4.69, 9.17) is 9.47 Å². The van der Waals surface area contributed by atoms with Crippen LogP contribution in [0.3, 0.4) is 0 Å². The van der Waals surface area contributed by atoms with Crippen LogP contribution in [0.5, 0.6) is 11.6 Å². The molecular weight excluding hydrogens is 210 g/mol. The zero-order valence-corrected chi connectivity index (χ0v) is 7.30. The Balaban J connectivity index is 2.49. The topological polar surface area (TPSA) is 31.4 Å². The van der Waals surface area contributed by atoms with Gasteiger partial charge in [0.05, 0.1) is 4.47 Å². The van der Waals surface area contributed by atoms with Crippen molar-refractivity contribution >= 4 is 15.9 Å². The number of hydrogen-bond donors (Lipinski definition) is 0. The van der Waals surface area contributed by atoms with Crippen LogP contribution in [0, 0.1) is 0 Å². The molecule has 1 aromatic rings. The van der Waals surface area contributed by atoms with Gasteiger partial charge >= 0.3 is 0 Å². The highest BCUT2D eigenvalue weighted by atomic mass is 79.9. The fraction of sp³-hybridized carbons (Fsp3) is 0.286. The average molecular weight is 216 g/mol. The van der Waals surface area contributed by atoms with Gasteiger partial charge < -0.3 is 9.47 Å². The minimum Gasteiger partial charge on any atom is -0.483 e. The van der Waals surface area contributed by atoms with Gasteiger partial charge in [0.2, 0.25) is 0 Å². The van der Waals surface area contributed by atoms with Gasteiger partial charge in [-0.2, -0.15) is 0 Å². The van der Waals surface area contributed by atoms with Gasteiger partial charge in [-0.1, -0.05) is 0 Å². The summed E-state index contributed by atoms with van der Waals surface area (Å²) in [5.74, 6) is 1.28. The van der Waals surface area contributed by atoms with Crippen molar-refractivity contribution in [2.24, 2.45) is 0 Å². The first-order chi connectivity index (χ1) is 5.38. The second-order valence-electron chi connectivity index (χ2n) is 2.12. The van der Waals surface area contributed by atoms with Gasteiger partial charge in [-0.15, -0.1) is 0 Å². The zero-order chi connectivity index (χ0) is 7.68. The highest BCUT2D eigenvalue weighted by molar-refractivity contribution is 9.10. The van der Waals surface area contributed by atoms with Crippen LogP contribution >= 0.6 is 15.9 Å². The predicted molar refractivity (Wildman–Crippen MR) is 42.9 cm³/mol. The molecule has 4 heteroatoms. The predicted octanol–water partition coefficient (Wildman–Crippen LogP) is 1.62. The van der Waals surface area contributed by atoms with Crippen LogP contribution in [0.4, 0.5) is 0 Å². The molecule has 0 atom stereocenters. The lowest BCUT2D eigenvalue weighted by molar-refractivity contribution is 0.163. The molecule has 3 nitrogen and oxygen atoms in total. The first kappa shape index (κ1) is 6.91. The van der Waals surface area contributed by atoms with Gasteiger partial charge in [-0.3, -0.25) is 0 Å². The molecule has 0 fully saturated rings. The van der Waals surface area contributed by atoms with Gasteiger partial charge in [-0.25, -0.2) is 4.98 Å². The van der Waals surface area contributed by atoms with E-state index in [0.29, 0.717) is 24.8 Å². The number of pyridine rings is 1. The van der Waals surface area contributed by atoms with Crippen LogP contribution < -0.4 is 9.47 Å². The van der Waals surface area contributed by atoms with Crippen molar-refractivity contribution in [2.75, 3.05) is 13.2 Å². The van der Waals surface area contributed by atoms with Gasteiger partial charge in [0.1, 0.15) is 13.2 Å². The van der Waals surface area contributed by atoms with Crippen LogP contribution in [0.2, 0.25) is 0 Å². The Labute approximate surface area is 72.5 Å². The summed E-state index contributed by atoms with van der Waals surface area (Å²) in [4.78, 5) is 4.00. The van der Waals surface area contributed by atoms with Crippen molar-refractivity contribution < 1.29 is 9.47 Å². The molecule has 58 valence electrons. The second-order valence-corrected chi connectivity index (χ2v) is 2.98. The summed E-state index contributed by atoms with van der Waals surface area (Å²) >= 11 is 3.34. The Bertz CT molecular complexity index is 277. The molecule has 0 aliphatic carbocycles. The molecule has 2 rings (SSSR count). The minimum atomic E-state index is 0.575. The summed E-state index contributed by atoms with van der Waals surface area (Å²) in [7, 11) is 0. The van der Waals surface area contributed by atoms with Crippen LogP contribution in [-0.4, -0.2) is 18.2 Å². The average Bonchev–Trinajstić information content (AvgIpc) is 2.06. The SMILES string of the molecule is Brc1ccnc2c1OCCO2. The van der Waals surface area contributed by atoms with E-state index in [0.717, 1.165) is 4.47 Å². The van der Waals surface area contributed by atoms with Crippen LogP contribution in [0.25, 0.3) is 0 Å². The van der Waals surface area contributed by atoms with Crippen molar-refractivity contribution in [3.63, 3.8) is 0 Å². The van der Waals surface area contributed by atoms with E-state index in [1.807, 2.05) is 6.07 Å². The summed E-state index contributed by atoms with van der Waals surface area (Å²) in [6, 6.07) is 1.83. The lowest BCUT2D eigenvalue weighted by Crippen LogP contribution is -2.16. The smallest absolute Gasteiger partial charge is 0.258 e. The van der Waals surface area contributed by atoms with Crippen LogP contribution in [-0.2, 0) is 0 Å². The molecule has 0 radical (unpaired) electrons. The van der Waals surface area contributed by atoms with Gasteiger partial charge in [0, 0.05) is 6.20 Å². The largest absolute Gasteiger partial charge is 0.483 e. The quantitative estimate of drug-likeness (QED) is 0.660. The molecule has 0 aromatic carbocycles. The van der Waals surface area contributed by atoms with Crippen molar-refractivity contribution in [1.82, 2.24) is 4.98 Å². The standard InChI is InChI=1S/C7H6BrNO2/c8-5-1-2-9-7-6(5)10-3-4-11-7/h1-2H,3-4H2. The lowest BCUT2D eigenvalue weighted by Gasteiger charge is -2.17. The third-order valence-corrected chi connectivity index (χ3v) is 2.02. The number of hydrogen-bond acceptors (Lipinski definition) is 3. The fourth-order valence-electron chi connectivity index (χ4n) is 0.922. The molecule has 0 amide bonds. The summed E-state index contributed by atoms with van der Waals surface area (Å²) in [5.41, 5.74) is 0. The number of aromatic nitrogens is 1. The minimum absolute atomic E-state index is 0.575. The van der Waals surface area contributed by atoms with Gasteiger partial charge in [0.25, 0.3) is 5.88 Å². The first-order valence-electron chi connectivity index (χ1n) is 3.28. The second kappa shape index (κ2) is 2.70.